The van der Waals surface area contributed by atoms with Crippen molar-refractivity contribution in [2.24, 2.45) is 0 Å². The van der Waals surface area contributed by atoms with Gasteiger partial charge in [-0.2, -0.15) is 0 Å². The van der Waals surface area contributed by atoms with Gasteiger partial charge in [-0.15, -0.1) is 11.3 Å². The van der Waals surface area contributed by atoms with Crippen LogP contribution in [0.15, 0.2) is 17.5 Å². The molecule has 1 saturated carbocycles. The third-order valence-electron chi connectivity index (χ3n) is 3.79. The molecule has 0 bridgehead atoms. The predicted molar refractivity (Wildman–Crippen MR) is 66.8 cm³/mol. The van der Waals surface area contributed by atoms with E-state index in [1.54, 1.807) is 0 Å². The Labute approximate surface area is 101 Å². The minimum absolute atomic E-state index is 0.144. The molecule has 3 heteroatoms. The molecule has 16 heavy (non-hydrogen) atoms. The molecule has 2 fully saturated rings. The van der Waals surface area contributed by atoms with Crippen molar-refractivity contribution in [2.75, 3.05) is 13.1 Å². The van der Waals surface area contributed by atoms with E-state index in [1.165, 1.54) is 37.0 Å². The normalized spacial score (nSPS) is 29.4. The first-order valence-electron chi connectivity index (χ1n) is 6.30. The zero-order valence-electron chi connectivity index (χ0n) is 9.58. The van der Waals surface area contributed by atoms with Gasteiger partial charge in [0.1, 0.15) is 6.10 Å². The van der Waals surface area contributed by atoms with Crippen molar-refractivity contribution in [1.82, 2.24) is 5.32 Å². The number of hydrogen-bond donors (Lipinski definition) is 1. The molecule has 2 nitrogen and oxygen atoms in total. The predicted octanol–water partition coefficient (Wildman–Crippen LogP) is 3.11. The molecule has 1 aromatic rings. The Kier molecular flexibility index (Phi) is 3.01. The van der Waals surface area contributed by atoms with Crippen molar-refractivity contribution in [1.29, 1.82) is 0 Å². The summed E-state index contributed by atoms with van der Waals surface area (Å²) in [6.07, 6.45) is 6.81. The van der Waals surface area contributed by atoms with Crippen LogP contribution >= 0.6 is 11.3 Å². The van der Waals surface area contributed by atoms with Crippen molar-refractivity contribution < 1.29 is 4.74 Å². The van der Waals surface area contributed by atoms with Crippen LogP contribution in [-0.4, -0.2) is 18.7 Å². The van der Waals surface area contributed by atoms with E-state index in [1.807, 2.05) is 11.3 Å². The van der Waals surface area contributed by atoms with E-state index >= 15 is 0 Å². The lowest BCUT2D eigenvalue weighted by Gasteiger charge is -2.44. The molecular formula is C13H19NOS. The highest BCUT2D eigenvalue weighted by atomic mass is 32.1. The fraction of sp³-hybridized carbons (Fsp3) is 0.692. The van der Waals surface area contributed by atoms with Gasteiger partial charge in [0.25, 0.3) is 0 Å². The zero-order chi connectivity index (χ0) is 10.8. The van der Waals surface area contributed by atoms with Crippen molar-refractivity contribution >= 4 is 11.3 Å². The fourth-order valence-corrected chi connectivity index (χ4v) is 3.69. The molecule has 2 heterocycles. The summed E-state index contributed by atoms with van der Waals surface area (Å²) >= 11 is 1.81. The second-order valence-corrected chi connectivity index (χ2v) is 5.98. The molecule has 1 spiro atoms. The molecule has 1 N–H and O–H groups in total. The van der Waals surface area contributed by atoms with Gasteiger partial charge < -0.3 is 10.1 Å². The van der Waals surface area contributed by atoms with Crippen molar-refractivity contribution in [2.45, 2.75) is 43.8 Å². The van der Waals surface area contributed by atoms with Crippen LogP contribution in [0, 0.1) is 0 Å². The molecule has 3 rings (SSSR count). The van der Waals surface area contributed by atoms with E-state index in [2.05, 4.69) is 22.8 Å². The Morgan fingerprint density at radius 3 is 2.94 bits per heavy atom. The largest absolute Gasteiger partial charge is 0.364 e. The molecular weight excluding hydrogens is 218 g/mol. The standard InChI is InChI=1S/C13H19NOS/c1-2-6-13(7-3-1)10-14-9-11(15-13)12-5-4-8-16-12/h4-5,8,11,14H,1-3,6-7,9-10H2. The minimum atomic E-state index is 0.144. The maximum Gasteiger partial charge on any atom is 0.105 e. The Morgan fingerprint density at radius 1 is 1.31 bits per heavy atom. The molecule has 0 aromatic carbocycles. The third kappa shape index (κ3) is 2.04. The number of nitrogens with one attached hydrogen (secondary N) is 1. The Bertz CT molecular complexity index is 324. The maximum absolute atomic E-state index is 6.41. The van der Waals surface area contributed by atoms with Crippen molar-refractivity contribution in [3.8, 4) is 0 Å². The summed E-state index contributed by atoms with van der Waals surface area (Å²) in [5.41, 5.74) is 0.144. The summed E-state index contributed by atoms with van der Waals surface area (Å²) in [5.74, 6) is 0. The second kappa shape index (κ2) is 4.47. The Morgan fingerprint density at radius 2 is 2.19 bits per heavy atom. The summed E-state index contributed by atoms with van der Waals surface area (Å²) in [4.78, 5) is 1.37. The van der Waals surface area contributed by atoms with Gasteiger partial charge in [-0.1, -0.05) is 25.3 Å². The highest BCUT2D eigenvalue weighted by molar-refractivity contribution is 7.10. The molecule has 2 aliphatic rings. The minimum Gasteiger partial charge on any atom is -0.364 e. The van der Waals surface area contributed by atoms with Gasteiger partial charge >= 0.3 is 0 Å². The van der Waals surface area contributed by atoms with Crippen molar-refractivity contribution in [3.63, 3.8) is 0 Å². The van der Waals surface area contributed by atoms with Gasteiger partial charge in [0.15, 0.2) is 0 Å². The first-order chi connectivity index (χ1) is 7.88. The van der Waals surface area contributed by atoms with E-state index in [9.17, 15) is 0 Å². The molecule has 88 valence electrons. The highest BCUT2D eigenvalue weighted by Gasteiger charge is 2.38. The molecule has 1 aliphatic heterocycles. The summed E-state index contributed by atoms with van der Waals surface area (Å²) in [5, 5.41) is 5.71. The van der Waals surface area contributed by atoms with Crippen molar-refractivity contribution in [3.05, 3.63) is 22.4 Å². The summed E-state index contributed by atoms with van der Waals surface area (Å²) < 4.78 is 6.41. The van der Waals surface area contributed by atoms with Gasteiger partial charge in [-0.25, -0.2) is 0 Å². The molecule has 0 amide bonds. The lowest BCUT2D eigenvalue weighted by molar-refractivity contribution is -0.134. The average Bonchev–Trinajstić information content (AvgIpc) is 2.83. The van der Waals surface area contributed by atoms with Crippen LogP contribution in [0.5, 0.6) is 0 Å². The van der Waals surface area contributed by atoms with E-state index in [4.69, 9.17) is 4.74 Å². The van der Waals surface area contributed by atoms with E-state index in [0.717, 1.165) is 13.1 Å². The lowest BCUT2D eigenvalue weighted by Crippen LogP contribution is -2.51. The SMILES string of the molecule is c1csc(C2CNCC3(CCCCC3)O2)c1. The van der Waals surface area contributed by atoms with E-state index < -0.39 is 0 Å². The van der Waals surface area contributed by atoms with Crippen LogP contribution in [0.1, 0.15) is 43.1 Å². The monoisotopic (exact) mass is 237 g/mol. The van der Waals surface area contributed by atoms with Crippen LogP contribution in [0.3, 0.4) is 0 Å². The fourth-order valence-electron chi connectivity index (χ4n) is 2.94. The number of hydrogen-bond acceptors (Lipinski definition) is 3. The second-order valence-electron chi connectivity index (χ2n) is 5.00. The number of morpholine rings is 1. The molecule has 1 atom stereocenters. The van der Waals surface area contributed by atoms with Crippen LogP contribution in [0.2, 0.25) is 0 Å². The lowest BCUT2D eigenvalue weighted by atomic mass is 9.83. The van der Waals surface area contributed by atoms with Crippen LogP contribution in [-0.2, 0) is 4.74 Å². The van der Waals surface area contributed by atoms with Gasteiger partial charge in [0.05, 0.1) is 5.60 Å². The van der Waals surface area contributed by atoms with Crippen LogP contribution in [0.4, 0.5) is 0 Å². The number of ether oxygens (including phenoxy) is 1. The number of rotatable bonds is 1. The van der Waals surface area contributed by atoms with Gasteiger partial charge in [0, 0.05) is 18.0 Å². The molecule has 1 aliphatic carbocycles. The van der Waals surface area contributed by atoms with E-state index in [0.29, 0.717) is 0 Å². The summed E-state index contributed by atoms with van der Waals surface area (Å²) in [7, 11) is 0. The van der Waals surface area contributed by atoms with Gasteiger partial charge in [0.2, 0.25) is 0 Å². The Hall–Kier alpha value is -0.380. The van der Waals surface area contributed by atoms with Gasteiger partial charge in [-0.05, 0) is 24.3 Å². The zero-order valence-corrected chi connectivity index (χ0v) is 10.4. The maximum atomic E-state index is 6.41. The van der Waals surface area contributed by atoms with Crippen LogP contribution in [0.25, 0.3) is 0 Å². The molecule has 0 radical (unpaired) electrons. The smallest absolute Gasteiger partial charge is 0.105 e. The highest BCUT2D eigenvalue weighted by Crippen LogP contribution is 2.38. The summed E-state index contributed by atoms with van der Waals surface area (Å²) in [6, 6.07) is 4.31. The summed E-state index contributed by atoms with van der Waals surface area (Å²) in [6.45, 7) is 2.02. The molecule has 1 saturated heterocycles. The topological polar surface area (TPSA) is 21.3 Å². The Balaban J connectivity index is 1.74. The third-order valence-corrected chi connectivity index (χ3v) is 4.76. The first-order valence-corrected chi connectivity index (χ1v) is 7.18. The van der Waals surface area contributed by atoms with Crippen LogP contribution < -0.4 is 5.32 Å². The quantitative estimate of drug-likeness (QED) is 0.810. The molecule has 1 unspecified atom stereocenters. The van der Waals surface area contributed by atoms with Gasteiger partial charge in [-0.3, -0.25) is 0 Å². The average molecular weight is 237 g/mol. The van der Waals surface area contributed by atoms with E-state index in [-0.39, 0.29) is 11.7 Å². The first kappa shape index (κ1) is 10.8. The number of thiophene rings is 1. The molecule has 1 aromatic heterocycles.